The summed E-state index contributed by atoms with van der Waals surface area (Å²) in [5.41, 5.74) is 0.833. The molecule has 0 aromatic heterocycles. The molecule has 0 radical (unpaired) electrons. The summed E-state index contributed by atoms with van der Waals surface area (Å²) in [5.74, 6) is -1.61. The van der Waals surface area contributed by atoms with Gasteiger partial charge in [-0.25, -0.2) is 4.79 Å². The zero-order chi connectivity index (χ0) is 15.4. The van der Waals surface area contributed by atoms with Crippen molar-refractivity contribution in [3.63, 3.8) is 0 Å². The first-order valence-electron chi connectivity index (χ1n) is 6.02. The molecule has 21 heavy (non-hydrogen) atoms. The number of nitrogens with one attached hydrogen (secondary N) is 1. The first-order chi connectivity index (χ1) is 9.99. The molecule has 6 heteroatoms. The Morgan fingerprint density at radius 1 is 1.14 bits per heavy atom. The number of hydrogen-bond donors (Lipinski definition) is 2. The van der Waals surface area contributed by atoms with Crippen LogP contribution < -0.4 is 5.32 Å². The van der Waals surface area contributed by atoms with Crippen molar-refractivity contribution in [2.45, 2.75) is 6.04 Å². The second-order valence-electron chi connectivity index (χ2n) is 4.28. The van der Waals surface area contributed by atoms with Gasteiger partial charge in [0.1, 0.15) is 0 Å². The fourth-order valence-corrected chi connectivity index (χ4v) is 2.28. The van der Waals surface area contributed by atoms with Crippen LogP contribution in [0.1, 0.15) is 22.0 Å². The third-order valence-electron chi connectivity index (χ3n) is 2.84. The lowest BCUT2D eigenvalue weighted by molar-refractivity contribution is -0.139. The number of carboxylic acid groups (broad SMARTS) is 1. The predicted molar refractivity (Wildman–Crippen MR) is 83.4 cm³/mol. The Labute approximate surface area is 134 Å². The van der Waals surface area contributed by atoms with E-state index in [-0.39, 0.29) is 0 Å². The molecule has 0 fully saturated rings. The summed E-state index contributed by atoms with van der Waals surface area (Å²) in [7, 11) is 0. The first-order valence-corrected chi connectivity index (χ1v) is 7.20. The molecule has 0 unspecified atom stereocenters. The maximum Gasteiger partial charge on any atom is 0.330 e. The van der Waals surface area contributed by atoms with Crippen LogP contribution in [0.15, 0.2) is 53.0 Å². The van der Waals surface area contributed by atoms with Crippen LogP contribution >= 0.6 is 27.5 Å². The number of carbonyl (C=O) groups excluding carboxylic acids is 1. The van der Waals surface area contributed by atoms with Crippen molar-refractivity contribution in [3.8, 4) is 0 Å². The minimum Gasteiger partial charge on any atom is -0.479 e. The molecule has 0 saturated carbocycles. The lowest BCUT2D eigenvalue weighted by Crippen LogP contribution is -2.33. The third kappa shape index (κ3) is 3.83. The molecule has 2 rings (SSSR count). The lowest BCUT2D eigenvalue weighted by Gasteiger charge is -2.15. The van der Waals surface area contributed by atoms with Gasteiger partial charge in [0.15, 0.2) is 6.04 Å². The SMILES string of the molecule is O=C(N[C@@H](C(=O)O)c1ccccc1)c1ccc(Cl)c(Br)c1. The molecule has 1 amide bonds. The summed E-state index contributed by atoms with van der Waals surface area (Å²) in [6.45, 7) is 0. The molecule has 0 aliphatic carbocycles. The smallest absolute Gasteiger partial charge is 0.330 e. The number of benzene rings is 2. The van der Waals surface area contributed by atoms with E-state index in [1.807, 2.05) is 0 Å². The van der Waals surface area contributed by atoms with Gasteiger partial charge in [0.25, 0.3) is 5.91 Å². The molecule has 2 N–H and O–H groups in total. The van der Waals surface area contributed by atoms with Crippen LogP contribution in [-0.4, -0.2) is 17.0 Å². The second kappa shape index (κ2) is 6.74. The van der Waals surface area contributed by atoms with Crippen molar-refractivity contribution in [1.82, 2.24) is 5.32 Å². The molecular formula is C15H11BrClNO3. The number of halogens is 2. The van der Waals surface area contributed by atoms with E-state index in [0.29, 0.717) is 20.6 Å². The van der Waals surface area contributed by atoms with Crippen LogP contribution in [-0.2, 0) is 4.79 Å². The van der Waals surface area contributed by atoms with Gasteiger partial charge in [-0.15, -0.1) is 0 Å². The van der Waals surface area contributed by atoms with Gasteiger partial charge >= 0.3 is 5.97 Å². The Morgan fingerprint density at radius 3 is 2.38 bits per heavy atom. The molecular weight excluding hydrogens is 358 g/mol. The summed E-state index contributed by atoms with van der Waals surface area (Å²) in [5, 5.41) is 12.2. The highest BCUT2D eigenvalue weighted by Gasteiger charge is 2.22. The van der Waals surface area contributed by atoms with Crippen molar-refractivity contribution in [1.29, 1.82) is 0 Å². The standard InChI is InChI=1S/C15H11BrClNO3/c16-11-8-10(6-7-12(11)17)14(19)18-13(15(20)21)9-4-2-1-3-5-9/h1-8,13H,(H,18,19)(H,20,21)/t13-/m1/s1. The highest BCUT2D eigenvalue weighted by Crippen LogP contribution is 2.23. The predicted octanol–water partition coefficient (Wildman–Crippen LogP) is 3.66. The van der Waals surface area contributed by atoms with E-state index >= 15 is 0 Å². The fraction of sp³-hybridized carbons (Fsp3) is 0.0667. The molecule has 2 aromatic rings. The van der Waals surface area contributed by atoms with E-state index in [1.54, 1.807) is 42.5 Å². The van der Waals surface area contributed by atoms with E-state index in [0.717, 1.165) is 0 Å². The molecule has 0 aliphatic heterocycles. The maximum atomic E-state index is 12.2. The van der Waals surface area contributed by atoms with Gasteiger partial charge in [0.2, 0.25) is 0 Å². The number of carboxylic acids is 1. The molecule has 0 saturated heterocycles. The zero-order valence-electron chi connectivity index (χ0n) is 10.7. The Morgan fingerprint density at radius 2 is 1.81 bits per heavy atom. The fourth-order valence-electron chi connectivity index (χ4n) is 1.78. The molecule has 0 aliphatic rings. The van der Waals surface area contributed by atoms with Gasteiger partial charge in [0.05, 0.1) is 5.02 Å². The second-order valence-corrected chi connectivity index (χ2v) is 5.55. The van der Waals surface area contributed by atoms with E-state index in [4.69, 9.17) is 11.6 Å². The van der Waals surface area contributed by atoms with Gasteiger partial charge in [-0.3, -0.25) is 4.79 Å². The number of aliphatic carboxylic acids is 1. The minimum atomic E-state index is -1.12. The molecule has 108 valence electrons. The van der Waals surface area contributed by atoms with Crippen LogP contribution in [0.25, 0.3) is 0 Å². The normalized spacial score (nSPS) is 11.7. The quantitative estimate of drug-likeness (QED) is 0.865. The summed E-state index contributed by atoms with van der Waals surface area (Å²) in [6, 6.07) is 12.1. The van der Waals surface area contributed by atoms with Gasteiger partial charge in [0, 0.05) is 10.0 Å². The Hall–Kier alpha value is -1.85. The van der Waals surface area contributed by atoms with Gasteiger partial charge < -0.3 is 10.4 Å². The van der Waals surface area contributed by atoms with Crippen molar-refractivity contribution >= 4 is 39.4 Å². The average Bonchev–Trinajstić information content (AvgIpc) is 2.48. The third-order valence-corrected chi connectivity index (χ3v) is 4.05. The van der Waals surface area contributed by atoms with Gasteiger partial charge in [-0.1, -0.05) is 41.9 Å². The molecule has 1 atom stereocenters. The Kier molecular flexibility index (Phi) is 4.98. The van der Waals surface area contributed by atoms with Crippen LogP contribution in [0, 0.1) is 0 Å². The summed E-state index contributed by atoms with van der Waals surface area (Å²) in [6.07, 6.45) is 0. The van der Waals surface area contributed by atoms with Crippen molar-refractivity contribution < 1.29 is 14.7 Å². The lowest BCUT2D eigenvalue weighted by atomic mass is 10.1. The number of amides is 1. The first kappa shape index (κ1) is 15.5. The van der Waals surface area contributed by atoms with Crippen LogP contribution in [0.2, 0.25) is 5.02 Å². The molecule has 0 bridgehead atoms. The van der Waals surface area contributed by atoms with Crippen molar-refractivity contribution in [2.75, 3.05) is 0 Å². The summed E-state index contributed by atoms with van der Waals surface area (Å²) in [4.78, 5) is 23.5. The van der Waals surface area contributed by atoms with Crippen LogP contribution in [0.4, 0.5) is 0 Å². The van der Waals surface area contributed by atoms with E-state index < -0.39 is 17.9 Å². The summed E-state index contributed by atoms with van der Waals surface area (Å²) < 4.78 is 0.573. The van der Waals surface area contributed by atoms with E-state index in [9.17, 15) is 14.7 Å². The topological polar surface area (TPSA) is 66.4 Å². The minimum absolute atomic E-state index is 0.327. The highest BCUT2D eigenvalue weighted by atomic mass is 79.9. The van der Waals surface area contributed by atoms with Gasteiger partial charge in [-0.05, 0) is 39.7 Å². The van der Waals surface area contributed by atoms with Crippen LogP contribution in [0.5, 0.6) is 0 Å². The Balaban J connectivity index is 2.23. The van der Waals surface area contributed by atoms with Gasteiger partial charge in [-0.2, -0.15) is 0 Å². The highest BCUT2D eigenvalue weighted by molar-refractivity contribution is 9.10. The molecule has 0 heterocycles. The number of rotatable bonds is 4. The Bertz CT molecular complexity index is 676. The van der Waals surface area contributed by atoms with Crippen molar-refractivity contribution in [3.05, 3.63) is 69.2 Å². The van der Waals surface area contributed by atoms with E-state index in [1.165, 1.54) is 6.07 Å². The molecule has 0 spiro atoms. The van der Waals surface area contributed by atoms with E-state index in [2.05, 4.69) is 21.2 Å². The zero-order valence-corrected chi connectivity index (χ0v) is 13.1. The monoisotopic (exact) mass is 367 g/mol. The number of carbonyl (C=O) groups is 2. The molecule has 4 nitrogen and oxygen atoms in total. The van der Waals surface area contributed by atoms with Crippen molar-refractivity contribution in [2.24, 2.45) is 0 Å². The number of hydrogen-bond acceptors (Lipinski definition) is 2. The maximum absolute atomic E-state index is 12.2. The molecule has 2 aromatic carbocycles. The van der Waals surface area contributed by atoms with Crippen LogP contribution in [0.3, 0.4) is 0 Å². The average molecular weight is 369 g/mol. The largest absolute Gasteiger partial charge is 0.479 e. The summed E-state index contributed by atoms with van der Waals surface area (Å²) >= 11 is 9.09.